The maximum atomic E-state index is 11.9. The Morgan fingerprint density at radius 1 is 1.03 bits per heavy atom. The van der Waals surface area contributed by atoms with Crippen molar-refractivity contribution < 1.29 is 9.59 Å². The van der Waals surface area contributed by atoms with Crippen molar-refractivity contribution in [2.24, 2.45) is 11.5 Å². The number of nitrogens with one attached hydrogen (secondary N) is 2. The van der Waals surface area contributed by atoms with Gasteiger partial charge in [-0.3, -0.25) is 9.59 Å². The van der Waals surface area contributed by atoms with Crippen LogP contribution in [0.1, 0.15) is 43.0 Å². The summed E-state index contributed by atoms with van der Waals surface area (Å²) >= 11 is 0. The molecule has 10 heteroatoms. The molecule has 1 aromatic carbocycles. The van der Waals surface area contributed by atoms with Crippen molar-refractivity contribution in [3.05, 3.63) is 36.0 Å². The van der Waals surface area contributed by atoms with Crippen molar-refractivity contribution in [2.75, 3.05) is 41.7 Å². The normalized spacial score (nSPS) is 20.9. The van der Waals surface area contributed by atoms with E-state index in [1.54, 1.807) is 6.92 Å². The zero-order chi connectivity index (χ0) is 23.4. The highest BCUT2D eigenvalue weighted by Gasteiger charge is 2.22. The number of rotatable bonds is 6. The predicted octanol–water partition coefficient (Wildman–Crippen LogP) is 1.67. The van der Waals surface area contributed by atoms with Gasteiger partial charge in [0.05, 0.1) is 5.56 Å². The third kappa shape index (κ3) is 5.70. The van der Waals surface area contributed by atoms with Crippen molar-refractivity contribution in [1.29, 1.82) is 0 Å². The molecule has 0 atom stereocenters. The fourth-order valence-electron chi connectivity index (χ4n) is 4.35. The third-order valence-corrected chi connectivity index (χ3v) is 6.38. The fraction of sp³-hybridized carbons (Fsp3) is 0.478. The first kappa shape index (κ1) is 22.8. The summed E-state index contributed by atoms with van der Waals surface area (Å²) in [5.74, 6) is 0.390. The molecule has 1 aliphatic carbocycles. The number of primary amides is 1. The standard InChI is InChI=1S/C23H32N8O2/c1-15(32)30-10-12-31(13-11-30)19-8-6-18(7-9-19)28-23-26-14-20(21(25)33)22(29-23)27-17-4-2-16(24)3-5-17/h6-9,14,16-17H,2-5,10-13,24H2,1H3,(H2,25,33)(H2,26,27,28,29)/t16-,17-. The maximum absolute atomic E-state index is 11.9. The second kappa shape index (κ2) is 10.0. The number of carbonyl (C=O) groups is 2. The molecular weight excluding hydrogens is 420 g/mol. The van der Waals surface area contributed by atoms with Crippen LogP contribution in [-0.4, -0.2) is 64.9 Å². The van der Waals surface area contributed by atoms with Gasteiger partial charge in [-0.15, -0.1) is 0 Å². The summed E-state index contributed by atoms with van der Waals surface area (Å²) in [6.07, 6.45) is 5.19. The molecule has 0 bridgehead atoms. The molecule has 1 aromatic heterocycles. The van der Waals surface area contributed by atoms with Gasteiger partial charge in [0.15, 0.2) is 0 Å². The van der Waals surface area contributed by atoms with Gasteiger partial charge in [0.25, 0.3) is 5.91 Å². The largest absolute Gasteiger partial charge is 0.368 e. The first-order valence-electron chi connectivity index (χ1n) is 11.5. The van der Waals surface area contributed by atoms with Crippen LogP contribution in [0.2, 0.25) is 0 Å². The summed E-state index contributed by atoms with van der Waals surface area (Å²) < 4.78 is 0. The molecule has 1 aliphatic heterocycles. The second-order valence-corrected chi connectivity index (χ2v) is 8.74. The van der Waals surface area contributed by atoms with E-state index >= 15 is 0 Å². The number of aromatic nitrogens is 2. The van der Waals surface area contributed by atoms with Crippen molar-refractivity contribution in [1.82, 2.24) is 14.9 Å². The first-order chi connectivity index (χ1) is 15.9. The Kier molecular flexibility index (Phi) is 6.93. The Morgan fingerprint density at radius 3 is 2.30 bits per heavy atom. The van der Waals surface area contributed by atoms with Gasteiger partial charge in [0, 0.05) is 62.8 Å². The van der Waals surface area contributed by atoms with E-state index in [9.17, 15) is 9.59 Å². The molecule has 6 N–H and O–H groups in total. The molecule has 2 aromatic rings. The van der Waals surface area contributed by atoms with Crippen LogP contribution < -0.4 is 27.0 Å². The number of anilines is 4. The van der Waals surface area contributed by atoms with Gasteiger partial charge >= 0.3 is 0 Å². The molecule has 2 fully saturated rings. The highest BCUT2D eigenvalue weighted by atomic mass is 16.2. The van der Waals surface area contributed by atoms with Gasteiger partial charge in [-0.1, -0.05) is 0 Å². The topological polar surface area (TPSA) is 142 Å². The lowest BCUT2D eigenvalue weighted by Crippen LogP contribution is -2.48. The molecule has 10 nitrogen and oxygen atoms in total. The minimum Gasteiger partial charge on any atom is -0.368 e. The lowest BCUT2D eigenvalue weighted by atomic mass is 9.92. The van der Waals surface area contributed by atoms with Crippen molar-refractivity contribution in [2.45, 2.75) is 44.7 Å². The van der Waals surface area contributed by atoms with Gasteiger partial charge in [0.2, 0.25) is 11.9 Å². The number of benzene rings is 1. The summed E-state index contributed by atoms with van der Waals surface area (Å²) in [5.41, 5.74) is 13.7. The number of amides is 2. The van der Waals surface area contributed by atoms with Crippen molar-refractivity contribution >= 4 is 35.0 Å². The van der Waals surface area contributed by atoms with Crippen LogP contribution in [-0.2, 0) is 4.79 Å². The minimum absolute atomic E-state index is 0.123. The Balaban J connectivity index is 1.42. The SMILES string of the molecule is CC(=O)N1CCN(c2ccc(Nc3ncc(C(N)=O)c(N[C@H]4CC[C@H](N)CC4)n3)cc2)CC1. The van der Waals surface area contributed by atoms with Crippen LogP contribution in [0.15, 0.2) is 30.5 Å². The molecule has 2 amide bonds. The molecule has 1 saturated carbocycles. The van der Waals surface area contributed by atoms with E-state index in [4.69, 9.17) is 11.5 Å². The molecule has 2 aliphatic rings. The molecule has 4 rings (SSSR count). The van der Waals surface area contributed by atoms with E-state index in [0.717, 1.165) is 63.2 Å². The average Bonchev–Trinajstić information content (AvgIpc) is 2.81. The van der Waals surface area contributed by atoms with E-state index < -0.39 is 5.91 Å². The van der Waals surface area contributed by atoms with Gasteiger partial charge < -0.3 is 31.9 Å². The summed E-state index contributed by atoms with van der Waals surface area (Å²) in [7, 11) is 0. The van der Waals surface area contributed by atoms with E-state index in [0.29, 0.717) is 11.8 Å². The Hall–Kier alpha value is -3.40. The van der Waals surface area contributed by atoms with Crippen molar-refractivity contribution in [3.8, 4) is 0 Å². The van der Waals surface area contributed by atoms with E-state index in [2.05, 4.69) is 25.5 Å². The van der Waals surface area contributed by atoms with E-state index in [1.807, 2.05) is 29.2 Å². The van der Waals surface area contributed by atoms with Gasteiger partial charge in [-0.05, 0) is 49.9 Å². The number of carbonyl (C=O) groups excluding carboxylic acids is 2. The quantitative estimate of drug-likeness (QED) is 0.518. The van der Waals surface area contributed by atoms with Crippen LogP contribution in [0, 0.1) is 0 Å². The fourth-order valence-corrected chi connectivity index (χ4v) is 4.35. The molecule has 0 spiro atoms. The molecule has 176 valence electrons. The number of hydrogen-bond acceptors (Lipinski definition) is 8. The highest BCUT2D eigenvalue weighted by molar-refractivity contribution is 5.97. The average molecular weight is 453 g/mol. The number of nitrogens with two attached hydrogens (primary N) is 2. The maximum Gasteiger partial charge on any atom is 0.254 e. The van der Waals surface area contributed by atoms with Gasteiger partial charge in [-0.2, -0.15) is 4.98 Å². The summed E-state index contributed by atoms with van der Waals surface area (Å²) in [6.45, 7) is 4.70. The van der Waals surface area contributed by atoms with Gasteiger partial charge in [0.1, 0.15) is 5.82 Å². The van der Waals surface area contributed by atoms with Crippen LogP contribution in [0.3, 0.4) is 0 Å². The molecule has 33 heavy (non-hydrogen) atoms. The van der Waals surface area contributed by atoms with E-state index in [1.165, 1.54) is 6.20 Å². The lowest BCUT2D eigenvalue weighted by Gasteiger charge is -2.35. The molecule has 0 radical (unpaired) electrons. The summed E-state index contributed by atoms with van der Waals surface area (Å²) in [4.78, 5) is 36.3. The number of piperazine rings is 1. The lowest BCUT2D eigenvalue weighted by molar-refractivity contribution is -0.129. The zero-order valence-corrected chi connectivity index (χ0v) is 19.0. The number of hydrogen-bond donors (Lipinski definition) is 4. The van der Waals surface area contributed by atoms with Crippen LogP contribution in [0.25, 0.3) is 0 Å². The van der Waals surface area contributed by atoms with Crippen LogP contribution >= 0.6 is 0 Å². The van der Waals surface area contributed by atoms with Crippen LogP contribution in [0.5, 0.6) is 0 Å². The molecular formula is C23H32N8O2. The van der Waals surface area contributed by atoms with Crippen molar-refractivity contribution in [3.63, 3.8) is 0 Å². The highest BCUT2D eigenvalue weighted by Crippen LogP contribution is 2.25. The number of nitrogens with zero attached hydrogens (tertiary/aromatic N) is 4. The smallest absolute Gasteiger partial charge is 0.254 e. The Morgan fingerprint density at radius 2 is 1.70 bits per heavy atom. The Labute approximate surface area is 193 Å². The molecule has 2 heterocycles. The second-order valence-electron chi connectivity index (χ2n) is 8.74. The van der Waals surface area contributed by atoms with Gasteiger partial charge in [-0.25, -0.2) is 4.98 Å². The first-order valence-corrected chi connectivity index (χ1v) is 11.5. The summed E-state index contributed by atoms with van der Waals surface area (Å²) in [5, 5.41) is 6.56. The predicted molar refractivity (Wildman–Crippen MR) is 129 cm³/mol. The summed E-state index contributed by atoms with van der Waals surface area (Å²) in [6, 6.07) is 8.44. The van der Waals surface area contributed by atoms with Crippen LogP contribution in [0.4, 0.5) is 23.1 Å². The Bertz CT molecular complexity index is 980. The monoisotopic (exact) mass is 452 g/mol. The molecule has 0 unspecified atom stereocenters. The van der Waals surface area contributed by atoms with E-state index in [-0.39, 0.29) is 23.6 Å². The minimum atomic E-state index is -0.564. The molecule has 1 saturated heterocycles. The third-order valence-electron chi connectivity index (χ3n) is 6.38. The zero-order valence-electron chi connectivity index (χ0n) is 19.0.